The van der Waals surface area contributed by atoms with E-state index in [1.165, 1.54) is 13.1 Å². The van der Waals surface area contributed by atoms with E-state index in [-0.39, 0.29) is 11.2 Å². The van der Waals surface area contributed by atoms with Gasteiger partial charge in [-0.25, -0.2) is 0 Å². The minimum atomic E-state index is -0.107. The topological polar surface area (TPSA) is 24.5 Å². The SMILES string of the molecule is CNC1C(CN(CC(C)C)CC(C)C)C(C)(C)OC1(C)C. The maximum absolute atomic E-state index is 6.37. The van der Waals surface area contributed by atoms with Gasteiger partial charge in [0, 0.05) is 31.6 Å². The van der Waals surface area contributed by atoms with Crippen LogP contribution in [0.4, 0.5) is 0 Å². The van der Waals surface area contributed by atoms with Crippen LogP contribution in [-0.2, 0) is 4.74 Å². The molecule has 1 aliphatic rings. The highest BCUT2D eigenvalue weighted by molar-refractivity contribution is 5.05. The van der Waals surface area contributed by atoms with Crippen molar-refractivity contribution in [1.29, 1.82) is 0 Å². The summed E-state index contributed by atoms with van der Waals surface area (Å²) in [4.78, 5) is 2.64. The van der Waals surface area contributed by atoms with Crippen LogP contribution in [0.5, 0.6) is 0 Å². The highest BCUT2D eigenvalue weighted by Crippen LogP contribution is 2.42. The summed E-state index contributed by atoms with van der Waals surface area (Å²) in [5.74, 6) is 1.92. The molecule has 3 heteroatoms. The molecule has 3 nitrogen and oxygen atoms in total. The van der Waals surface area contributed by atoms with Crippen molar-refractivity contribution >= 4 is 0 Å². The molecule has 0 amide bonds. The van der Waals surface area contributed by atoms with E-state index in [0.29, 0.717) is 23.8 Å². The number of hydrogen-bond donors (Lipinski definition) is 1. The second-order valence-electron chi connectivity index (χ2n) is 8.69. The number of likely N-dealkylation sites (N-methyl/N-ethyl adjacent to an activating group) is 1. The quantitative estimate of drug-likeness (QED) is 0.780. The fourth-order valence-electron chi connectivity index (χ4n) is 4.11. The Morgan fingerprint density at radius 3 is 1.81 bits per heavy atom. The molecule has 0 saturated carbocycles. The monoisotopic (exact) mass is 298 g/mol. The first-order valence-corrected chi connectivity index (χ1v) is 8.59. The molecule has 0 spiro atoms. The van der Waals surface area contributed by atoms with Crippen molar-refractivity contribution in [1.82, 2.24) is 10.2 Å². The van der Waals surface area contributed by atoms with Crippen molar-refractivity contribution in [3.63, 3.8) is 0 Å². The van der Waals surface area contributed by atoms with Crippen LogP contribution < -0.4 is 5.32 Å². The predicted octanol–water partition coefficient (Wildman–Crippen LogP) is 3.39. The molecule has 1 rings (SSSR count). The Hall–Kier alpha value is -0.120. The highest BCUT2D eigenvalue weighted by atomic mass is 16.5. The van der Waals surface area contributed by atoms with Gasteiger partial charge in [0.05, 0.1) is 11.2 Å². The Bertz CT molecular complexity index is 313. The van der Waals surface area contributed by atoms with Gasteiger partial charge in [0.1, 0.15) is 0 Å². The molecule has 0 aliphatic carbocycles. The van der Waals surface area contributed by atoms with Gasteiger partial charge in [0.15, 0.2) is 0 Å². The summed E-state index contributed by atoms with van der Waals surface area (Å²) in [6.45, 7) is 21.6. The molecule has 1 heterocycles. The van der Waals surface area contributed by atoms with E-state index in [4.69, 9.17) is 4.74 Å². The number of rotatable bonds is 7. The lowest BCUT2D eigenvalue weighted by Crippen LogP contribution is -2.50. The van der Waals surface area contributed by atoms with Crippen LogP contribution in [0.3, 0.4) is 0 Å². The number of nitrogens with zero attached hydrogens (tertiary/aromatic N) is 1. The molecular formula is C18H38N2O. The van der Waals surface area contributed by atoms with Crippen LogP contribution in [0.15, 0.2) is 0 Å². The Kier molecular flexibility index (Phi) is 6.28. The molecule has 126 valence electrons. The largest absolute Gasteiger partial charge is 0.368 e. The van der Waals surface area contributed by atoms with Crippen molar-refractivity contribution in [3.8, 4) is 0 Å². The van der Waals surface area contributed by atoms with Gasteiger partial charge in [-0.3, -0.25) is 0 Å². The zero-order valence-electron chi connectivity index (χ0n) is 15.8. The molecule has 0 radical (unpaired) electrons. The molecule has 1 aliphatic heterocycles. The molecule has 0 aromatic rings. The van der Waals surface area contributed by atoms with E-state index in [2.05, 4.69) is 72.7 Å². The highest BCUT2D eigenvalue weighted by Gasteiger charge is 2.53. The molecule has 0 aromatic carbocycles. The Labute approximate surface area is 132 Å². The third-order valence-electron chi connectivity index (χ3n) is 4.58. The van der Waals surface area contributed by atoms with E-state index in [9.17, 15) is 0 Å². The zero-order valence-corrected chi connectivity index (χ0v) is 15.8. The summed E-state index contributed by atoms with van der Waals surface area (Å²) in [5, 5.41) is 3.52. The van der Waals surface area contributed by atoms with Crippen LogP contribution in [0.1, 0.15) is 55.4 Å². The number of ether oxygens (including phenoxy) is 1. The lowest BCUT2D eigenvalue weighted by Gasteiger charge is -2.35. The second kappa shape index (κ2) is 6.97. The lowest BCUT2D eigenvalue weighted by atomic mass is 9.82. The summed E-state index contributed by atoms with van der Waals surface area (Å²) >= 11 is 0. The van der Waals surface area contributed by atoms with Gasteiger partial charge in [0.2, 0.25) is 0 Å². The van der Waals surface area contributed by atoms with Crippen LogP contribution in [0.2, 0.25) is 0 Å². The number of nitrogens with one attached hydrogen (secondary N) is 1. The van der Waals surface area contributed by atoms with Crippen molar-refractivity contribution in [3.05, 3.63) is 0 Å². The lowest BCUT2D eigenvalue weighted by molar-refractivity contribution is -0.0797. The third kappa shape index (κ3) is 4.94. The standard InChI is InChI=1S/C18H38N2O/c1-13(2)10-20(11-14(3)4)12-15-16(19-9)18(7,8)21-17(15,5)6/h13-16,19H,10-12H2,1-9H3. The molecule has 1 N–H and O–H groups in total. The van der Waals surface area contributed by atoms with Gasteiger partial charge in [-0.15, -0.1) is 0 Å². The normalized spacial score (nSPS) is 28.0. The summed E-state index contributed by atoms with van der Waals surface area (Å²) in [6.07, 6.45) is 0. The maximum Gasteiger partial charge on any atom is 0.0790 e. The minimum absolute atomic E-state index is 0.0800. The van der Waals surface area contributed by atoms with Gasteiger partial charge in [0.25, 0.3) is 0 Å². The Balaban J connectivity index is 2.88. The fraction of sp³-hybridized carbons (Fsp3) is 1.00. The molecule has 2 unspecified atom stereocenters. The van der Waals surface area contributed by atoms with Crippen molar-refractivity contribution in [2.45, 2.75) is 72.6 Å². The molecule has 1 fully saturated rings. The van der Waals surface area contributed by atoms with Crippen LogP contribution in [0.25, 0.3) is 0 Å². The molecule has 2 atom stereocenters. The average Bonchev–Trinajstić information content (AvgIpc) is 2.41. The first-order chi connectivity index (χ1) is 9.49. The molecule has 0 bridgehead atoms. The molecular weight excluding hydrogens is 260 g/mol. The average molecular weight is 299 g/mol. The Morgan fingerprint density at radius 2 is 1.43 bits per heavy atom. The van der Waals surface area contributed by atoms with Crippen molar-refractivity contribution in [2.24, 2.45) is 17.8 Å². The van der Waals surface area contributed by atoms with Gasteiger partial charge < -0.3 is 15.0 Å². The van der Waals surface area contributed by atoms with Gasteiger partial charge >= 0.3 is 0 Å². The smallest absolute Gasteiger partial charge is 0.0790 e. The first-order valence-electron chi connectivity index (χ1n) is 8.59. The second-order valence-corrected chi connectivity index (χ2v) is 8.69. The van der Waals surface area contributed by atoms with Crippen LogP contribution >= 0.6 is 0 Å². The third-order valence-corrected chi connectivity index (χ3v) is 4.58. The van der Waals surface area contributed by atoms with E-state index in [1.54, 1.807) is 0 Å². The predicted molar refractivity (Wildman–Crippen MR) is 91.7 cm³/mol. The van der Waals surface area contributed by atoms with E-state index < -0.39 is 0 Å². The first kappa shape index (κ1) is 18.9. The van der Waals surface area contributed by atoms with Gasteiger partial charge in [-0.05, 0) is 46.6 Å². The summed E-state index contributed by atoms with van der Waals surface area (Å²) in [6, 6.07) is 0.398. The maximum atomic E-state index is 6.37. The van der Waals surface area contributed by atoms with Gasteiger partial charge in [-0.2, -0.15) is 0 Å². The number of hydrogen-bond acceptors (Lipinski definition) is 3. The Morgan fingerprint density at radius 1 is 0.952 bits per heavy atom. The van der Waals surface area contributed by atoms with E-state index >= 15 is 0 Å². The summed E-state index contributed by atoms with van der Waals surface area (Å²) in [7, 11) is 2.07. The zero-order chi connectivity index (χ0) is 16.4. The van der Waals surface area contributed by atoms with Crippen LogP contribution in [0, 0.1) is 17.8 Å². The molecule has 21 heavy (non-hydrogen) atoms. The molecule has 1 saturated heterocycles. The minimum Gasteiger partial charge on any atom is -0.368 e. The van der Waals surface area contributed by atoms with E-state index in [0.717, 1.165) is 6.54 Å². The summed E-state index contributed by atoms with van der Waals surface area (Å²) < 4.78 is 6.37. The van der Waals surface area contributed by atoms with E-state index in [1.807, 2.05) is 0 Å². The summed E-state index contributed by atoms with van der Waals surface area (Å²) in [5.41, 5.74) is -0.187. The van der Waals surface area contributed by atoms with Crippen LogP contribution in [-0.4, -0.2) is 48.8 Å². The van der Waals surface area contributed by atoms with Crippen molar-refractivity contribution < 1.29 is 4.74 Å². The fourth-order valence-corrected chi connectivity index (χ4v) is 4.11. The van der Waals surface area contributed by atoms with Gasteiger partial charge in [-0.1, -0.05) is 27.7 Å². The molecule has 0 aromatic heterocycles. The van der Waals surface area contributed by atoms with Crippen molar-refractivity contribution in [2.75, 3.05) is 26.7 Å².